The Kier molecular flexibility index (Phi) is 6.30. The van der Waals surface area contributed by atoms with Crippen molar-refractivity contribution in [3.8, 4) is 22.9 Å². The summed E-state index contributed by atoms with van der Waals surface area (Å²) in [5.74, 6) is 1.09. The summed E-state index contributed by atoms with van der Waals surface area (Å²) in [6, 6.07) is 8.85. The fourth-order valence-corrected chi connectivity index (χ4v) is 3.60. The van der Waals surface area contributed by atoms with Crippen molar-refractivity contribution in [2.75, 3.05) is 14.2 Å². The molecule has 0 fully saturated rings. The first-order chi connectivity index (χ1) is 13.6. The Bertz CT molecular complexity index is 992. The first kappa shape index (κ1) is 19.9. The van der Waals surface area contributed by atoms with Gasteiger partial charge in [-0.3, -0.25) is 4.57 Å². The highest BCUT2D eigenvalue weighted by Crippen LogP contribution is 2.33. The topological polar surface area (TPSA) is 49.2 Å². The van der Waals surface area contributed by atoms with Gasteiger partial charge in [0.05, 0.1) is 14.2 Å². The first-order valence-corrected chi connectivity index (χ1v) is 9.39. The van der Waals surface area contributed by atoms with Gasteiger partial charge in [0, 0.05) is 23.4 Å². The van der Waals surface area contributed by atoms with Crippen LogP contribution in [0.1, 0.15) is 5.56 Å². The lowest BCUT2D eigenvalue weighted by Gasteiger charge is -2.11. The van der Waals surface area contributed by atoms with Crippen LogP contribution in [0.3, 0.4) is 0 Å². The van der Waals surface area contributed by atoms with E-state index in [1.807, 2.05) is 16.7 Å². The number of methoxy groups -OCH3 is 2. The molecule has 0 unspecified atom stereocenters. The van der Waals surface area contributed by atoms with Gasteiger partial charge in [0.1, 0.15) is 11.6 Å². The molecule has 0 amide bonds. The molecule has 0 aliphatic rings. The molecule has 0 saturated heterocycles. The van der Waals surface area contributed by atoms with Gasteiger partial charge in [0.2, 0.25) is 0 Å². The zero-order valence-corrected chi connectivity index (χ0v) is 16.3. The average molecular weight is 403 g/mol. The third-order valence-electron chi connectivity index (χ3n) is 4.03. The van der Waals surface area contributed by atoms with E-state index < -0.39 is 11.6 Å². The number of halogens is 2. The maximum Gasteiger partial charge on any atom is 0.192 e. The Morgan fingerprint density at radius 3 is 2.57 bits per heavy atom. The van der Waals surface area contributed by atoms with Crippen molar-refractivity contribution < 1.29 is 18.3 Å². The second-order valence-corrected chi connectivity index (χ2v) is 6.74. The van der Waals surface area contributed by atoms with Gasteiger partial charge < -0.3 is 9.47 Å². The molecule has 3 rings (SSSR count). The monoisotopic (exact) mass is 403 g/mol. The smallest absolute Gasteiger partial charge is 0.192 e. The van der Waals surface area contributed by atoms with Gasteiger partial charge in [-0.2, -0.15) is 0 Å². The molecule has 0 aliphatic carbocycles. The second-order valence-electron chi connectivity index (χ2n) is 5.80. The molecule has 0 bridgehead atoms. The maximum absolute atomic E-state index is 13.9. The third-order valence-corrected chi connectivity index (χ3v) is 5.05. The second kappa shape index (κ2) is 8.88. The van der Waals surface area contributed by atoms with E-state index in [-0.39, 0.29) is 11.3 Å². The van der Waals surface area contributed by atoms with Crippen molar-refractivity contribution in [1.29, 1.82) is 0 Å². The highest BCUT2D eigenvalue weighted by molar-refractivity contribution is 7.98. The van der Waals surface area contributed by atoms with Gasteiger partial charge in [0.25, 0.3) is 0 Å². The van der Waals surface area contributed by atoms with Crippen molar-refractivity contribution in [2.24, 2.45) is 0 Å². The molecule has 0 saturated carbocycles. The minimum atomic E-state index is -0.476. The van der Waals surface area contributed by atoms with Crippen LogP contribution < -0.4 is 9.47 Å². The zero-order valence-electron chi connectivity index (χ0n) is 15.5. The molecular formula is C20H19F2N3O2S. The molecule has 2 aromatic carbocycles. The lowest BCUT2D eigenvalue weighted by atomic mass is 10.2. The molecule has 0 spiro atoms. The number of hydrogen-bond donors (Lipinski definition) is 0. The van der Waals surface area contributed by atoms with Crippen LogP contribution in [-0.2, 0) is 12.3 Å². The summed E-state index contributed by atoms with van der Waals surface area (Å²) in [4.78, 5) is 0. The third kappa shape index (κ3) is 4.17. The van der Waals surface area contributed by atoms with E-state index in [1.54, 1.807) is 26.4 Å². The van der Waals surface area contributed by atoms with E-state index in [9.17, 15) is 8.78 Å². The Morgan fingerprint density at radius 2 is 1.86 bits per heavy atom. The van der Waals surface area contributed by atoms with E-state index in [4.69, 9.17) is 9.47 Å². The van der Waals surface area contributed by atoms with E-state index in [2.05, 4.69) is 16.8 Å². The standard InChI is InChI=1S/C20H19F2N3O2S/c1-4-9-25-19(13-5-8-17(26-2)18(11-13)27-3)23-24-20(25)28-12-14-10-15(21)6-7-16(14)22/h4-8,10-11H,1,9,12H2,2-3H3. The molecule has 146 valence electrons. The average Bonchev–Trinajstić information content (AvgIpc) is 3.11. The summed E-state index contributed by atoms with van der Waals surface area (Å²) in [7, 11) is 3.13. The van der Waals surface area contributed by atoms with Crippen LogP contribution in [0, 0.1) is 11.6 Å². The molecule has 0 aliphatic heterocycles. The Hall–Kier alpha value is -2.87. The highest BCUT2D eigenvalue weighted by atomic mass is 32.2. The summed E-state index contributed by atoms with van der Waals surface area (Å²) in [6.45, 7) is 4.24. The molecular weight excluding hydrogens is 384 g/mol. The van der Waals surface area contributed by atoms with Crippen molar-refractivity contribution in [2.45, 2.75) is 17.5 Å². The normalized spacial score (nSPS) is 10.7. The van der Waals surface area contributed by atoms with Crippen LogP contribution in [-0.4, -0.2) is 29.0 Å². The van der Waals surface area contributed by atoms with Gasteiger partial charge in [-0.1, -0.05) is 17.8 Å². The number of hydrogen-bond acceptors (Lipinski definition) is 5. The lowest BCUT2D eigenvalue weighted by Crippen LogP contribution is -2.01. The van der Waals surface area contributed by atoms with Gasteiger partial charge >= 0.3 is 0 Å². The minimum absolute atomic E-state index is 0.227. The fraction of sp³-hybridized carbons (Fsp3) is 0.200. The zero-order chi connectivity index (χ0) is 20.1. The Balaban J connectivity index is 1.91. The van der Waals surface area contributed by atoms with Crippen LogP contribution in [0.2, 0.25) is 0 Å². The first-order valence-electron chi connectivity index (χ1n) is 8.40. The van der Waals surface area contributed by atoms with Crippen LogP contribution >= 0.6 is 11.8 Å². The van der Waals surface area contributed by atoms with Gasteiger partial charge in [0.15, 0.2) is 22.5 Å². The number of rotatable bonds is 8. The number of ether oxygens (including phenoxy) is 2. The van der Waals surface area contributed by atoms with Crippen LogP contribution in [0.25, 0.3) is 11.4 Å². The van der Waals surface area contributed by atoms with Crippen LogP contribution in [0.5, 0.6) is 11.5 Å². The summed E-state index contributed by atoms with van der Waals surface area (Å²) in [5.41, 5.74) is 1.06. The predicted molar refractivity (Wildman–Crippen MR) is 105 cm³/mol. The van der Waals surface area contributed by atoms with Crippen molar-refractivity contribution in [3.63, 3.8) is 0 Å². The number of aromatic nitrogens is 3. The summed E-state index contributed by atoms with van der Waals surface area (Å²) < 4.78 is 39.7. The number of benzene rings is 2. The van der Waals surface area contributed by atoms with Crippen molar-refractivity contribution in [3.05, 3.63) is 66.3 Å². The van der Waals surface area contributed by atoms with Crippen molar-refractivity contribution in [1.82, 2.24) is 14.8 Å². The molecule has 5 nitrogen and oxygen atoms in total. The molecule has 0 atom stereocenters. The molecule has 1 aromatic heterocycles. The largest absolute Gasteiger partial charge is 0.493 e. The molecule has 3 aromatic rings. The molecule has 0 N–H and O–H groups in total. The molecule has 1 heterocycles. The molecule has 28 heavy (non-hydrogen) atoms. The van der Waals surface area contributed by atoms with Gasteiger partial charge in [-0.25, -0.2) is 8.78 Å². The van der Waals surface area contributed by atoms with E-state index >= 15 is 0 Å². The number of allylic oxidation sites excluding steroid dienone is 1. The summed E-state index contributed by atoms with van der Waals surface area (Å²) in [5, 5.41) is 9.06. The maximum atomic E-state index is 13.9. The van der Waals surface area contributed by atoms with Crippen molar-refractivity contribution >= 4 is 11.8 Å². The fourth-order valence-electron chi connectivity index (χ4n) is 2.67. The highest BCUT2D eigenvalue weighted by Gasteiger charge is 2.16. The summed E-state index contributed by atoms with van der Waals surface area (Å²) >= 11 is 1.28. The lowest BCUT2D eigenvalue weighted by molar-refractivity contribution is 0.355. The molecule has 0 radical (unpaired) electrons. The summed E-state index contributed by atoms with van der Waals surface area (Å²) in [6.07, 6.45) is 1.72. The number of nitrogens with zero attached hydrogens (tertiary/aromatic N) is 3. The SMILES string of the molecule is C=CCn1c(SCc2cc(F)ccc2F)nnc1-c1ccc(OC)c(OC)c1. The van der Waals surface area contributed by atoms with Crippen LogP contribution in [0.4, 0.5) is 8.78 Å². The Labute approximate surface area is 166 Å². The van der Waals surface area contributed by atoms with E-state index in [0.717, 1.165) is 17.7 Å². The van der Waals surface area contributed by atoms with E-state index in [1.165, 1.54) is 17.8 Å². The van der Waals surface area contributed by atoms with Gasteiger partial charge in [-0.05, 0) is 36.4 Å². The quantitative estimate of drug-likeness (QED) is 0.402. The predicted octanol–water partition coefficient (Wildman–Crippen LogP) is 4.72. The minimum Gasteiger partial charge on any atom is -0.493 e. The van der Waals surface area contributed by atoms with E-state index in [0.29, 0.717) is 29.0 Å². The van der Waals surface area contributed by atoms with Gasteiger partial charge in [-0.15, -0.1) is 16.8 Å². The molecule has 8 heteroatoms. The number of thioether (sulfide) groups is 1. The van der Waals surface area contributed by atoms with Crippen LogP contribution in [0.15, 0.2) is 54.2 Å². The Morgan fingerprint density at radius 1 is 1.07 bits per heavy atom.